The largest absolute Gasteiger partial charge is 0.482 e. The Morgan fingerprint density at radius 1 is 1.17 bits per heavy atom. The Labute approximate surface area is 215 Å². The van der Waals surface area contributed by atoms with Crippen LogP contribution >= 0.6 is 23.1 Å². The van der Waals surface area contributed by atoms with Gasteiger partial charge in [0.15, 0.2) is 11.4 Å². The summed E-state index contributed by atoms with van der Waals surface area (Å²) in [7, 11) is 0. The summed E-state index contributed by atoms with van der Waals surface area (Å²) in [5, 5.41) is 8.76. The van der Waals surface area contributed by atoms with Crippen molar-refractivity contribution in [2.24, 2.45) is 4.99 Å². The van der Waals surface area contributed by atoms with E-state index in [-0.39, 0.29) is 12.2 Å². The number of allylic oxidation sites excluding steroid dienone is 1. The molecule has 2 heterocycles. The van der Waals surface area contributed by atoms with Crippen molar-refractivity contribution in [2.45, 2.75) is 24.8 Å². The van der Waals surface area contributed by atoms with E-state index in [0.717, 1.165) is 16.0 Å². The van der Waals surface area contributed by atoms with E-state index in [0.29, 0.717) is 26.4 Å². The molecule has 0 spiro atoms. The van der Waals surface area contributed by atoms with Crippen molar-refractivity contribution in [2.75, 3.05) is 19.5 Å². The van der Waals surface area contributed by atoms with E-state index in [4.69, 9.17) is 14.6 Å². The molecule has 1 atom stereocenters. The molecule has 0 aliphatic carbocycles. The highest BCUT2D eigenvalue weighted by Gasteiger charge is 2.33. The Bertz CT molecular complexity index is 1500. The van der Waals surface area contributed by atoms with Gasteiger partial charge in [0.1, 0.15) is 5.75 Å². The van der Waals surface area contributed by atoms with Crippen LogP contribution in [0.25, 0.3) is 6.08 Å². The van der Waals surface area contributed by atoms with Crippen molar-refractivity contribution in [1.82, 2.24) is 4.57 Å². The van der Waals surface area contributed by atoms with E-state index in [9.17, 15) is 14.4 Å². The first-order chi connectivity index (χ1) is 17.3. The van der Waals surface area contributed by atoms with Crippen LogP contribution in [-0.2, 0) is 14.3 Å². The first kappa shape index (κ1) is 25.5. The highest BCUT2D eigenvalue weighted by molar-refractivity contribution is 7.98. The lowest BCUT2D eigenvalue weighted by atomic mass is 9.96. The van der Waals surface area contributed by atoms with Crippen molar-refractivity contribution in [3.8, 4) is 5.75 Å². The van der Waals surface area contributed by atoms with Crippen molar-refractivity contribution in [3.63, 3.8) is 0 Å². The lowest BCUT2D eigenvalue weighted by molar-refractivity contribution is -0.140. The zero-order valence-corrected chi connectivity index (χ0v) is 21.5. The Balaban J connectivity index is 1.81. The maximum atomic E-state index is 13.6. The van der Waals surface area contributed by atoms with Crippen LogP contribution in [0.2, 0.25) is 0 Å². The monoisotopic (exact) mass is 524 g/mol. The van der Waals surface area contributed by atoms with Crippen LogP contribution < -0.4 is 19.6 Å². The fourth-order valence-corrected chi connectivity index (χ4v) is 5.30. The summed E-state index contributed by atoms with van der Waals surface area (Å²) in [6, 6.07) is 13.9. The number of hydrogen-bond donors (Lipinski definition) is 1. The molecule has 0 saturated carbocycles. The molecule has 3 aromatic rings. The molecule has 0 radical (unpaired) electrons. The Morgan fingerprint density at radius 3 is 2.47 bits per heavy atom. The molecule has 36 heavy (non-hydrogen) atoms. The lowest BCUT2D eigenvalue weighted by Crippen LogP contribution is -2.39. The lowest BCUT2D eigenvalue weighted by Gasteiger charge is -2.24. The summed E-state index contributed by atoms with van der Waals surface area (Å²) >= 11 is 2.85. The molecule has 2 aromatic carbocycles. The molecule has 8 nitrogen and oxygen atoms in total. The van der Waals surface area contributed by atoms with Gasteiger partial charge in [0.25, 0.3) is 5.56 Å². The third-order valence-electron chi connectivity index (χ3n) is 5.49. The number of thioether (sulfide) groups is 1. The number of hydrogen-bond acceptors (Lipinski definition) is 8. The highest BCUT2D eigenvalue weighted by atomic mass is 32.2. The molecule has 4 rings (SSSR count). The Morgan fingerprint density at radius 2 is 1.86 bits per heavy atom. The highest BCUT2D eigenvalue weighted by Crippen LogP contribution is 2.31. The molecular formula is C26H24N2O6S2. The van der Waals surface area contributed by atoms with E-state index in [2.05, 4.69) is 4.99 Å². The van der Waals surface area contributed by atoms with Gasteiger partial charge >= 0.3 is 11.9 Å². The van der Waals surface area contributed by atoms with Gasteiger partial charge in [-0.15, -0.1) is 11.8 Å². The molecule has 0 amide bonds. The fourth-order valence-electron chi connectivity index (χ4n) is 3.85. The second kappa shape index (κ2) is 11.0. The predicted molar refractivity (Wildman–Crippen MR) is 138 cm³/mol. The topological polar surface area (TPSA) is 107 Å². The Kier molecular flexibility index (Phi) is 7.76. The van der Waals surface area contributed by atoms with Crippen LogP contribution in [0.5, 0.6) is 5.75 Å². The minimum absolute atomic E-state index is 0.213. The van der Waals surface area contributed by atoms with E-state index in [1.54, 1.807) is 60.5 Å². The van der Waals surface area contributed by atoms with E-state index < -0.39 is 24.6 Å². The number of rotatable bonds is 8. The quantitative estimate of drug-likeness (QED) is 0.357. The van der Waals surface area contributed by atoms with Gasteiger partial charge in [-0.3, -0.25) is 9.36 Å². The number of nitrogens with zero attached hydrogens (tertiary/aromatic N) is 2. The molecule has 0 bridgehead atoms. The SMILES string of the molecule is CCOC(=O)C1=C(C)N=c2s/c(=C/c3ccc(OCC(=O)O)cc3)c(=O)n2[C@@H]1c1ccc(SC)cc1. The van der Waals surface area contributed by atoms with Crippen LogP contribution in [0.4, 0.5) is 0 Å². The maximum absolute atomic E-state index is 13.6. The minimum Gasteiger partial charge on any atom is -0.482 e. The average Bonchev–Trinajstić information content (AvgIpc) is 3.17. The molecular weight excluding hydrogens is 500 g/mol. The predicted octanol–water partition coefficient (Wildman–Crippen LogP) is 2.98. The van der Waals surface area contributed by atoms with Crippen molar-refractivity contribution in [1.29, 1.82) is 0 Å². The summed E-state index contributed by atoms with van der Waals surface area (Å²) in [5.41, 5.74) is 2.12. The van der Waals surface area contributed by atoms with Gasteiger partial charge < -0.3 is 14.6 Å². The summed E-state index contributed by atoms with van der Waals surface area (Å²) in [4.78, 5) is 43.4. The number of esters is 1. The maximum Gasteiger partial charge on any atom is 0.341 e. The van der Waals surface area contributed by atoms with Gasteiger partial charge in [0.2, 0.25) is 0 Å². The summed E-state index contributed by atoms with van der Waals surface area (Å²) in [6.45, 7) is 3.27. The average molecular weight is 525 g/mol. The molecule has 0 fully saturated rings. The van der Waals surface area contributed by atoms with E-state index in [1.165, 1.54) is 11.3 Å². The third kappa shape index (κ3) is 5.29. The summed E-state index contributed by atoms with van der Waals surface area (Å²) in [6.07, 6.45) is 3.72. The standard InChI is InChI=1S/C26H24N2O6S2/c1-4-33-25(32)22-15(2)27-26-28(23(22)17-7-11-19(35-3)12-8-17)24(31)20(36-26)13-16-5-9-18(10-6-16)34-14-21(29)30/h5-13,23H,4,14H2,1-3H3,(H,29,30)/b20-13+/t23-/m1/s1. The van der Waals surface area contributed by atoms with E-state index >= 15 is 0 Å². The number of aliphatic carboxylic acids is 1. The van der Waals surface area contributed by atoms with Crippen LogP contribution in [-0.4, -0.2) is 41.1 Å². The first-order valence-corrected chi connectivity index (χ1v) is 13.1. The van der Waals surface area contributed by atoms with Crippen molar-refractivity contribution >= 4 is 41.1 Å². The number of thiazole rings is 1. The number of ether oxygens (including phenoxy) is 2. The number of carboxylic acid groups (broad SMARTS) is 1. The number of aromatic nitrogens is 1. The van der Waals surface area contributed by atoms with Crippen LogP contribution in [0.1, 0.15) is 31.0 Å². The fraction of sp³-hybridized carbons (Fsp3) is 0.231. The van der Waals surface area contributed by atoms with Crippen LogP contribution in [0, 0.1) is 0 Å². The second-order valence-corrected chi connectivity index (χ2v) is 9.72. The number of carboxylic acids is 1. The van der Waals surface area contributed by atoms with Crippen molar-refractivity contribution < 1.29 is 24.2 Å². The number of carbonyl (C=O) groups is 2. The van der Waals surface area contributed by atoms with E-state index in [1.807, 2.05) is 30.5 Å². The first-order valence-electron chi connectivity index (χ1n) is 11.1. The van der Waals surface area contributed by atoms with Gasteiger partial charge in [0, 0.05) is 4.90 Å². The van der Waals surface area contributed by atoms with Gasteiger partial charge in [-0.2, -0.15) is 0 Å². The molecule has 1 aliphatic heterocycles. The zero-order valence-electron chi connectivity index (χ0n) is 19.9. The smallest absolute Gasteiger partial charge is 0.341 e. The van der Waals surface area contributed by atoms with Gasteiger partial charge in [-0.1, -0.05) is 35.6 Å². The minimum atomic E-state index is -1.06. The number of carbonyl (C=O) groups excluding carboxylic acids is 1. The van der Waals surface area contributed by atoms with Gasteiger partial charge in [-0.25, -0.2) is 14.6 Å². The Hall–Kier alpha value is -3.63. The van der Waals surface area contributed by atoms with Crippen LogP contribution in [0.3, 0.4) is 0 Å². The number of benzene rings is 2. The molecule has 0 saturated heterocycles. The second-order valence-electron chi connectivity index (χ2n) is 7.83. The molecule has 1 aromatic heterocycles. The molecule has 1 aliphatic rings. The number of fused-ring (bicyclic) bond motifs is 1. The summed E-state index contributed by atoms with van der Waals surface area (Å²) in [5.74, 6) is -1.14. The zero-order chi connectivity index (χ0) is 25.8. The molecule has 1 N–H and O–H groups in total. The molecule has 10 heteroatoms. The third-order valence-corrected chi connectivity index (χ3v) is 7.22. The van der Waals surface area contributed by atoms with Gasteiger partial charge in [0.05, 0.1) is 28.5 Å². The molecule has 0 unspecified atom stereocenters. The van der Waals surface area contributed by atoms with Crippen LogP contribution in [0.15, 0.2) is 74.5 Å². The normalized spacial score (nSPS) is 15.3. The molecule has 186 valence electrons. The van der Waals surface area contributed by atoms with Gasteiger partial charge in [-0.05, 0) is 61.6 Å². The van der Waals surface area contributed by atoms with Crippen molar-refractivity contribution in [3.05, 3.63) is 90.6 Å². The summed E-state index contributed by atoms with van der Waals surface area (Å²) < 4.78 is 12.5.